The largest absolute Gasteiger partial charge is 0.493 e. The molecule has 0 aliphatic carbocycles. The van der Waals surface area contributed by atoms with Crippen LogP contribution in [0.5, 0.6) is 5.75 Å². The maximum atomic E-state index is 10.7. The van der Waals surface area contributed by atoms with E-state index in [4.69, 9.17) is 4.74 Å². The average Bonchev–Trinajstić information content (AvgIpc) is 2.46. The predicted octanol–water partition coefficient (Wildman–Crippen LogP) is 3.71. The highest BCUT2D eigenvalue weighted by Gasteiger charge is 2.21. The van der Waals surface area contributed by atoms with E-state index in [1.54, 1.807) is 0 Å². The summed E-state index contributed by atoms with van der Waals surface area (Å²) >= 11 is 0. The Morgan fingerprint density at radius 3 is 2.75 bits per heavy atom. The Balaban J connectivity index is 2.04. The number of aliphatic hydroxyl groups excluding tert-OH is 1. The topological polar surface area (TPSA) is 29.5 Å². The molecule has 0 radical (unpaired) electrons. The molecule has 1 heterocycles. The molecule has 0 saturated carbocycles. The number of fused-ring (bicyclic) bond motifs is 1. The summed E-state index contributed by atoms with van der Waals surface area (Å²) in [6.45, 7) is 4.85. The van der Waals surface area contributed by atoms with Crippen molar-refractivity contribution in [3.8, 4) is 5.75 Å². The van der Waals surface area contributed by atoms with E-state index in [9.17, 15) is 5.11 Å². The van der Waals surface area contributed by atoms with E-state index in [1.165, 1.54) is 11.1 Å². The summed E-state index contributed by atoms with van der Waals surface area (Å²) in [6, 6.07) is 12.2. The number of hydrogen-bond acceptors (Lipinski definition) is 2. The van der Waals surface area contributed by atoms with Crippen molar-refractivity contribution in [2.24, 2.45) is 0 Å². The lowest BCUT2D eigenvalue weighted by atomic mass is 9.93. The molecule has 0 bridgehead atoms. The van der Waals surface area contributed by atoms with E-state index in [0.29, 0.717) is 0 Å². The first-order valence-corrected chi connectivity index (χ1v) is 7.16. The third-order valence-corrected chi connectivity index (χ3v) is 3.98. The normalized spacial score (nSPS) is 15.3. The smallest absolute Gasteiger partial charge is 0.128 e. The number of aliphatic hydroxyl groups is 1. The number of hydrogen-bond donors (Lipinski definition) is 1. The molecule has 1 aliphatic rings. The summed E-state index contributed by atoms with van der Waals surface area (Å²) in [6.07, 6.45) is 1.46. The Bertz CT molecular complexity index is 631. The Kier molecular flexibility index (Phi) is 3.49. The zero-order valence-electron chi connectivity index (χ0n) is 12.0. The van der Waals surface area contributed by atoms with E-state index in [0.717, 1.165) is 41.9 Å². The molecule has 0 fully saturated rings. The van der Waals surface area contributed by atoms with Gasteiger partial charge in [-0.25, -0.2) is 0 Å². The molecule has 2 aromatic carbocycles. The number of para-hydroxylation sites is 1. The van der Waals surface area contributed by atoms with Crippen LogP contribution in [0.3, 0.4) is 0 Å². The summed E-state index contributed by atoms with van der Waals surface area (Å²) in [5, 5.41) is 10.7. The summed E-state index contributed by atoms with van der Waals surface area (Å²) in [5.74, 6) is 0.881. The fourth-order valence-corrected chi connectivity index (χ4v) is 2.93. The van der Waals surface area contributed by atoms with E-state index in [2.05, 4.69) is 19.1 Å². The molecule has 1 atom stereocenters. The Labute approximate surface area is 120 Å². The molecule has 0 spiro atoms. The summed E-state index contributed by atoms with van der Waals surface area (Å²) < 4.78 is 5.80. The number of ether oxygens (including phenoxy) is 1. The quantitative estimate of drug-likeness (QED) is 0.899. The Morgan fingerprint density at radius 1 is 1.10 bits per heavy atom. The zero-order valence-corrected chi connectivity index (χ0v) is 12.0. The second-order valence-corrected chi connectivity index (χ2v) is 5.55. The SMILES string of the molecule is Cc1ccc(C(O)c2cccc3c2OCCC3)c(C)c1. The molecular weight excluding hydrogens is 248 g/mol. The van der Waals surface area contributed by atoms with Crippen LogP contribution in [0.15, 0.2) is 36.4 Å². The molecule has 1 aliphatic heterocycles. The van der Waals surface area contributed by atoms with Crippen molar-refractivity contribution in [2.45, 2.75) is 32.8 Å². The van der Waals surface area contributed by atoms with Crippen LogP contribution in [0.1, 0.15) is 40.3 Å². The molecule has 2 aromatic rings. The molecule has 104 valence electrons. The summed E-state index contributed by atoms with van der Waals surface area (Å²) in [4.78, 5) is 0. The predicted molar refractivity (Wildman–Crippen MR) is 80.2 cm³/mol. The summed E-state index contributed by atoms with van der Waals surface area (Å²) in [5.41, 5.74) is 5.38. The fourth-order valence-electron chi connectivity index (χ4n) is 2.93. The number of aryl methyl sites for hydroxylation is 3. The lowest BCUT2D eigenvalue weighted by Gasteiger charge is -2.23. The van der Waals surface area contributed by atoms with E-state index in [1.807, 2.05) is 31.2 Å². The second-order valence-electron chi connectivity index (χ2n) is 5.55. The fraction of sp³-hybridized carbons (Fsp3) is 0.333. The van der Waals surface area contributed by atoms with Gasteiger partial charge in [0, 0.05) is 5.56 Å². The van der Waals surface area contributed by atoms with Crippen molar-refractivity contribution in [3.05, 3.63) is 64.2 Å². The van der Waals surface area contributed by atoms with Gasteiger partial charge in [0.2, 0.25) is 0 Å². The zero-order chi connectivity index (χ0) is 14.1. The van der Waals surface area contributed by atoms with Crippen molar-refractivity contribution < 1.29 is 9.84 Å². The van der Waals surface area contributed by atoms with Crippen LogP contribution < -0.4 is 4.74 Å². The maximum absolute atomic E-state index is 10.7. The number of rotatable bonds is 2. The number of benzene rings is 2. The minimum Gasteiger partial charge on any atom is -0.493 e. The average molecular weight is 268 g/mol. The van der Waals surface area contributed by atoms with Crippen LogP contribution >= 0.6 is 0 Å². The van der Waals surface area contributed by atoms with Gasteiger partial charge in [-0.1, -0.05) is 42.0 Å². The van der Waals surface area contributed by atoms with Crippen molar-refractivity contribution in [1.29, 1.82) is 0 Å². The van der Waals surface area contributed by atoms with Gasteiger partial charge < -0.3 is 9.84 Å². The highest BCUT2D eigenvalue weighted by Crippen LogP contribution is 2.36. The molecule has 0 saturated heterocycles. The highest BCUT2D eigenvalue weighted by atomic mass is 16.5. The molecular formula is C18H20O2. The first-order valence-electron chi connectivity index (χ1n) is 7.16. The van der Waals surface area contributed by atoms with Gasteiger partial charge in [-0.2, -0.15) is 0 Å². The summed E-state index contributed by atoms with van der Waals surface area (Å²) in [7, 11) is 0. The van der Waals surface area contributed by atoms with Crippen molar-refractivity contribution in [1.82, 2.24) is 0 Å². The van der Waals surface area contributed by atoms with Crippen LogP contribution in [0.2, 0.25) is 0 Å². The molecule has 0 aromatic heterocycles. The van der Waals surface area contributed by atoms with E-state index >= 15 is 0 Å². The van der Waals surface area contributed by atoms with Gasteiger partial charge in [-0.15, -0.1) is 0 Å². The molecule has 1 N–H and O–H groups in total. The van der Waals surface area contributed by atoms with Crippen molar-refractivity contribution >= 4 is 0 Å². The van der Waals surface area contributed by atoms with Crippen LogP contribution in [-0.2, 0) is 6.42 Å². The highest BCUT2D eigenvalue weighted by molar-refractivity contribution is 5.48. The molecule has 2 nitrogen and oxygen atoms in total. The minimum atomic E-state index is -0.622. The van der Waals surface area contributed by atoms with Crippen LogP contribution in [0.4, 0.5) is 0 Å². The molecule has 20 heavy (non-hydrogen) atoms. The van der Waals surface area contributed by atoms with E-state index < -0.39 is 6.10 Å². The first kappa shape index (κ1) is 13.2. The van der Waals surface area contributed by atoms with Gasteiger partial charge in [-0.05, 0) is 43.4 Å². The lowest BCUT2D eigenvalue weighted by Crippen LogP contribution is -2.13. The first-order chi connectivity index (χ1) is 9.66. The second kappa shape index (κ2) is 5.29. The minimum absolute atomic E-state index is 0.622. The van der Waals surface area contributed by atoms with E-state index in [-0.39, 0.29) is 0 Å². The van der Waals surface area contributed by atoms with Crippen LogP contribution in [0, 0.1) is 13.8 Å². The maximum Gasteiger partial charge on any atom is 0.128 e. The van der Waals surface area contributed by atoms with Crippen LogP contribution in [-0.4, -0.2) is 11.7 Å². The molecule has 1 unspecified atom stereocenters. The standard InChI is InChI=1S/C18H20O2/c1-12-8-9-15(13(2)11-12)17(19)16-7-3-5-14-6-4-10-20-18(14)16/h3,5,7-9,11,17,19H,4,6,10H2,1-2H3. The lowest BCUT2D eigenvalue weighted by molar-refractivity contribution is 0.206. The van der Waals surface area contributed by atoms with Gasteiger partial charge in [0.05, 0.1) is 6.61 Å². The van der Waals surface area contributed by atoms with Gasteiger partial charge >= 0.3 is 0 Å². The molecule has 2 heteroatoms. The molecule has 0 amide bonds. The van der Waals surface area contributed by atoms with Gasteiger partial charge in [-0.3, -0.25) is 0 Å². The Hall–Kier alpha value is -1.80. The third-order valence-electron chi connectivity index (χ3n) is 3.98. The van der Waals surface area contributed by atoms with Gasteiger partial charge in [0.1, 0.15) is 11.9 Å². The Morgan fingerprint density at radius 2 is 1.95 bits per heavy atom. The van der Waals surface area contributed by atoms with Crippen LogP contribution in [0.25, 0.3) is 0 Å². The third kappa shape index (κ3) is 2.32. The molecule has 3 rings (SSSR count). The van der Waals surface area contributed by atoms with Crippen molar-refractivity contribution in [2.75, 3.05) is 6.61 Å². The monoisotopic (exact) mass is 268 g/mol. The van der Waals surface area contributed by atoms with Crippen molar-refractivity contribution in [3.63, 3.8) is 0 Å². The van der Waals surface area contributed by atoms with Gasteiger partial charge in [0.15, 0.2) is 0 Å². The van der Waals surface area contributed by atoms with Gasteiger partial charge in [0.25, 0.3) is 0 Å².